The van der Waals surface area contributed by atoms with Gasteiger partial charge < -0.3 is 5.11 Å². The molecule has 2 rings (SSSR count). The molecule has 0 saturated heterocycles. The van der Waals surface area contributed by atoms with Crippen LogP contribution in [0.25, 0.3) is 0 Å². The first kappa shape index (κ1) is 10.4. The molecule has 0 unspecified atom stereocenters. The predicted molar refractivity (Wildman–Crippen MR) is 60.3 cm³/mol. The molecule has 15 heavy (non-hydrogen) atoms. The maximum absolute atomic E-state index is 10.8. The van der Waals surface area contributed by atoms with Crippen LogP contribution in [-0.4, -0.2) is 20.9 Å². The normalized spacial score (nSPS) is 10.5. The van der Waals surface area contributed by atoms with Gasteiger partial charge in [-0.1, -0.05) is 0 Å². The van der Waals surface area contributed by atoms with Crippen LogP contribution in [0.3, 0.4) is 0 Å². The van der Waals surface area contributed by atoms with Gasteiger partial charge in [0.15, 0.2) is 0 Å². The van der Waals surface area contributed by atoms with Crippen LogP contribution in [0.1, 0.15) is 15.4 Å². The van der Waals surface area contributed by atoms with Gasteiger partial charge in [-0.25, -0.2) is 4.79 Å². The lowest BCUT2D eigenvalue weighted by Gasteiger charge is -2.02. The first-order valence-electron chi connectivity index (χ1n) is 4.15. The average Bonchev–Trinajstić information content (AvgIpc) is 2.77. The second-order valence-electron chi connectivity index (χ2n) is 2.87. The van der Waals surface area contributed by atoms with Crippen LogP contribution in [0.2, 0.25) is 0 Å². The highest BCUT2D eigenvalue weighted by Crippen LogP contribution is 2.23. The standard InChI is InChI=1S/C9H7BrN2O2S/c10-6-2-4-15-8(6)5-12-7(9(13)14)1-3-11-12/h1-4H,5H2,(H,13,14). The fraction of sp³-hybridized carbons (Fsp3) is 0.111. The molecule has 6 heteroatoms. The van der Waals surface area contributed by atoms with Crippen molar-refractivity contribution >= 4 is 33.2 Å². The number of carboxylic acids is 1. The number of rotatable bonds is 3. The molecule has 0 fully saturated rings. The lowest BCUT2D eigenvalue weighted by atomic mass is 10.4. The molecule has 0 radical (unpaired) electrons. The van der Waals surface area contributed by atoms with Gasteiger partial charge in [-0.15, -0.1) is 11.3 Å². The zero-order chi connectivity index (χ0) is 10.8. The molecule has 0 saturated carbocycles. The van der Waals surface area contributed by atoms with Gasteiger partial charge in [0, 0.05) is 15.5 Å². The third-order valence-electron chi connectivity index (χ3n) is 1.92. The highest BCUT2D eigenvalue weighted by atomic mass is 79.9. The number of hydrogen-bond donors (Lipinski definition) is 1. The van der Waals surface area contributed by atoms with Gasteiger partial charge in [0.2, 0.25) is 0 Å². The summed E-state index contributed by atoms with van der Waals surface area (Å²) in [6, 6.07) is 3.42. The van der Waals surface area contributed by atoms with Crippen molar-refractivity contribution in [3.05, 3.63) is 38.8 Å². The van der Waals surface area contributed by atoms with Crippen molar-refractivity contribution in [2.45, 2.75) is 6.54 Å². The number of carboxylic acid groups (broad SMARTS) is 1. The first-order valence-corrected chi connectivity index (χ1v) is 5.82. The summed E-state index contributed by atoms with van der Waals surface area (Å²) in [5.74, 6) is -0.958. The number of hydrogen-bond acceptors (Lipinski definition) is 3. The molecule has 0 aliphatic heterocycles. The molecule has 0 bridgehead atoms. The molecule has 0 spiro atoms. The van der Waals surface area contributed by atoms with Crippen molar-refractivity contribution in [1.29, 1.82) is 0 Å². The molecule has 0 atom stereocenters. The minimum absolute atomic E-state index is 0.204. The number of nitrogens with zero attached hydrogens (tertiary/aromatic N) is 2. The molecule has 2 aromatic rings. The zero-order valence-electron chi connectivity index (χ0n) is 7.55. The Kier molecular flexibility index (Phi) is 2.88. The molecule has 0 aliphatic rings. The number of halogens is 1. The van der Waals surface area contributed by atoms with Crippen molar-refractivity contribution in [3.63, 3.8) is 0 Å². The molecule has 4 nitrogen and oxygen atoms in total. The lowest BCUT2D eigenvalue weighted by Crippen LogP contribution is -2.10. The van der Waals surface area contributed by atoms with Crippen molar-refractivity contribution in [3.8, 4) is 0 Å². The Morgan fingerprint density at radius 1 is 1.60 bits per heavy atom. The third-order valence-corrected chi connectivity index (χ3v) is 3.83. The van der Waals surface area contributed by atoms with Gasteiger partial charge in [0.1, 0.15) is 5.69 Å². The van der Waals surface area contributed by atoms with Crippen LogP contribution >= 0.6 is 27.3 Å². The Morgan fingerprint density at radius 3 is 3.00 bits per heavy atom. The van der Waals surface area contributed by atoms with E-state index in [-0.39, 0.29) is 5.69 Å². The highest BCUT2D eigenvalue weighted by Gasteiger charge is 2.11. The van der Waals surface area contributed by atoms with E-state index in [1.54, 1.807) is 11.3 Å². The van der Waals surface area contributed by atoms with Gasteiger partial charge in [-0.05, 0) is 33.4 Å². The zero-order valence-corrected chi connectivity index (χ0v) is 9.96. The number of carbonyl (C=O) groups is 1. The van der Waals surface area contributed by atoms with E-state index in [0.29, 0.717) is 6.54 Å². The summed E-state index contributed by atoms with van der Waals surface area (Å²) in [7, 11) is 0. The van der Waals surface area contributed by atoms with Crippen LogP contribution in [-0.2, 0) is 6.54 Å². The van der Waals surface area contributed by atoms with Gasteiger partial charge in [0.25, 0.3) is 0 Å². The largest absolute Gasteiger partial charge is 0.477 e. The van der Waals surface area contributed by atoms with E-state index in [2.05, 4.69) is 21.0 Å². The van der Waals surface area contributed by atoms with Crippen molar-refractivity contribution < 1.29 is 9.90 Å². The Labute approximate surface area is 98.3 Å². The summed E-state index contributed by atoms with van der Waals surface area (Å²) in [6.45, 7) is 0.479. The maximum Gasteiger partial charge on any atom is 0.354 e. The Balaban J connectivity index is 2.28. The SMILES string of the molecule is O=C(O)c1ccnn1Cc1sccc1Br. The van der Waals surface area contributed by atoms with Gasteiger partial charge in [-0.3, -0.25) is 4.68 Å². The molecule has 1 N–H and O–H groups in total. The molecule has 78 valence electrons. The van der Waals surface area contributed by atoms with Gasteiger partial charge in [-0.2, -0.15) is 5.10 Å². The quantitative estimate of drug-likeness (QED) is 0.943. The number of aromatic carboxylic acids is 1. The average molecular weight is 287 g/mol. The molecule has 2 aromatic heterocycles. The van der Waals surface area contributed by atoms with Gasteiger partial charge in [0.05, 0.1) is 6.54 Å². The monoisotopic (exact) mass is 286 g/mol. The topological polar surface area (TPSA) is 55.1 Å². The van der Waals surface area contributed by atoms with E-state index in [9.17, 15) is 4.79 Å². The van der Waals surface area contributed by atoms with E-state index in [1.807, 2.05) is 11.4 Å². The van der Waals surface area contributed by atoms with E-state index >= 15 is 0 Å². The number of aromatic nitrogens is 2. The summed E-state index contributed by atoms with van der Waals surface area (Å²) in [5, 5.41) is 14.8. The summed E-state index contributed by atoms with van der Waals surface area (Å²) >= 11 is 4.96. The highest BCUT2D eigenvalue weighted by molar-refractivity contribution is 9.10. The fourth-order valence-electron chi connectivity index (χ4n) is 1.21. The molecule has 2 heterocycles. The minimum atomic E-state index is -0.958. The Morgan fingerprint density at radius 2 is 2.40 bits per heavy atom. The summed E-state index contributed by atoms with van der Waals surface area (Å²) < 4.78 is 2.46. The predicted octanol–water partition coefficient (Wildman–Crippen LogP) is 2.45. The second-order valence-corrected chi connectivity index (χ2v) is 4.73. The molecule has 0 amide bonds. The summed E-state index contributed by atoms with van der Waals surface area (Å²) in [4.78, 5) is 11.9. The molecular weight excluding hydrogens is 280 g/mol. The second kappa shape index (κ2) is 4.16. The molecule has 0 aliphatic carbocycles. The molecule has 0 aromatic carbocycles. The summed E-state index contributed by atoms with van der Waals surface area (Å²) in [5.41, 5.74) is 0.204. The maximum atomic E-state index is 10.8. The van der Waals surface area contributed by atoms with E-state index in [1.165, 1.54) is 16.9 Å². The molecular formula is C9H7BrN2O2S. The van der Waals surface area contributed by atoms with Crippen molar-refractivity contribution in [1.82, 2.24) is 9.78 Å². The smallest absolute Gasteiger partial charge is 0.354 e. The minimum Gasteiger partial charge on any atom is -0.477 e. The van der Waals surface area contributed by atoms with Crippen LogP contribution in [0.4, 0.5) is 0 Å². The van der Waals surface area contributed by atoms with Crippen LogP contribution in [0.15, 0.2) is 28.2 Å². The Hall–Kier alpha value is -1.14. The fourth-order valence-corrected chi connectivity index (χ4v) is 2.67. The van der Waals surface area contributed by atoms with Gasteiger partial charge >= 0.3 is 5.97 Å². The van der Waals surface area contributed by atoms with Crippen LogP contribution < -0.4 is 0 Å². The van der Waals surface area contributed by atoms with Crippen LogP contribution in [0.5, 0.6) is 0 Å². The number of thiophene rings is 1. The first-order chi connectivity index (χ1) is 7.18. The Bertz CT molecular complexity index is 492. The van der Waals surface area contributed by atoms with Crippen molar-refractivity contribution in [2.75, 3.05) is 0 Å². The lowest BCUT2D eigenvalue weighted by molar-refractivity contribution is 0.0684. The van der Waals surface area contributed by atoms with E-state index in [0.717, 1.165) is 9.35 Å². The third kappa shape index (κ3) is 2.10. The van der Waals surface area contributed by atoms with E-state index in [4.69, 9.17) is 5.11 Å². The van der Waals surface area contributed by atoms with Crippen molar-refractivity contribution in [2.24, 2.45) is 0 Å². The summed E-state index contributed by atoms with van der Waals surface area (Å²) in [6.07, 6.45) is 1.49. The van der Waals surface area contributed by atoms with Crippen LogP contribution in [0, 0.1) is 0 Å². The van der Waals surface area contributed by atoms with E-state index < -0.39 is 5.97 Å².